The van der Waals surface area contributed by atoms with Gasteiger partial charge in [0.05, 0.1) is 16.7 Å². The quantitative estimate of drug-likeness (QED) is 0.0444. The van der Waals surface area contributed by atoms with Crippen molar-refractivity contribution in [2.75, 3.05) is 0 Å². The number of imidazole rings is 1. The van der Waals surface area contributed by atoms with E-state index in [1.807, 2.05) is 18.3 Å². The fraction of sp³-hybridized carbons (Fsp3) is 0.0870. The van der Waals surface area contributed by atoms with Gasteiger partial charge in [0, 0.05) is 44.3 Å². The van der Waals surface area contributed by atoms with Crippen molar-refractivity contribution in [1.29, 1.82) is 0 Å². The summed E-state index contributed by atoms with van der Waals surface area (Å²) in [6, 6.07) is 131. The van der Waals surface area contributed by atoms with E-state index in [0.29, 0.717) is 11.5 Å². The molecule has 1 aliphatic carbocycles. The molecule has 0 radical (unpaired) electrons. The molecule has 486 valence electrons. The van der Waals surface area contributed by atoms with Crippen molar-refractivity contribution < 1.29 is 30.4 Å². The van der Waals surface area contributed by atoms with Crippen molar-refractivity contribution in [3.05, 3.63) is 369 Å². The molecule has 17 rings (SSSR count). The van der Waals surface area contributed by atoms with Crippen LogP contribution >= 0.6 is 0 Å². The Morgan fingerprint density at radius 2 is 0.840 bits per heavy atom. The Labute approximate surface area is 602 Å². The van der Waals surface area contributed by atoms with Crippen LogP contribution in [0.1, 0.15) is 51.7 Å². The van der Waals surface area contributed by atoms with Gasteiger partial charge in [-0.15, -0.1) is 29.3 Å². The first-order valence-electron chi connectivity index (χ1n) is 34.4. The van der Waals surface area contributed by atoms with Gasteiger partial charge in [0.25, 0.3) is 6.33 Å². The van der Waals surface area contributed by atoms with Gasteiger partial charge in [-0.2, -0.15) is 12.1 Å². The maximum Gasteiger partial charge on any atom is 0.268 e. The molecular weight excluding hydrogens is 1430 g/mol. The standard InChI is InChI=1S/C92H72N4OSi2.Pt/c1-91(2)58-59-92(3,4)89-87-80-51-23-24-54-81(80)96(86-57-27-28-60-93-86)84(87)64-85(88(89)91)97-69-36-31-35-68(63-69)94-65-95(83-56-26-25-55-82(83)94)90-78(66-33-29-49-76(61-66)98(70-37-11-5-12-38-70,71-39-13-6-14-40-71)72-41-15-7-16-42-72)52-32-53-79(90)67-34-30-50-77(62-67)99(73-43-17-8-18-44-73,74-45-19-9-20-46-74)75-47-21-10-22-48-75;/h5-57,60-62H,58-59H2,1-4H3;/q-2;. The van der Waals surface area contributed by atoms with Gasteiger partial charge in [-0.3, -0.25) is 4.57 Å². The van der Waals surface area contributed by atoms with E-state index in [2.05, 4.69) is 381 Å². The normalized spacial score (nSPS) is 13.4. The first kappa shape index (κ1) is 63.9. The molecule has 0 saturated heterocycles. The van der Waals surface area contributed by atoms with E-state index in [-0.39, 0.29) is 31.9 Å². The number of ether oxygens (including phenoxy) is 1. The number of rotatable bonds is 15. The van der Waals surface area contributed by atoms with Crippen LogP contribution < -0.4 is 50.8 Å². The largest absolute Gasteiger partial charge is 0.509 e. The van der Waals surface area contributed by atoms with E-state index in [1.165, 1.54) is 63.4 Å². The Kier molecular flexibility index (Phi) is 16.7. The molecular formula is C92H72N4OPtSi2-2. The third-order valence-electron chi connectivity index (χ3n) is 20.9. The predicted molar refractivity (Wildman–Crippen MR) is 413 cm³/mol. The zero-order valence-electron chi connectivity index (χ0n) is 56.3. The second-order valence-corrected chi connectivity index (χ2v) is 35.2. The van der Waals surface area contributed by atoms with Crippen molar-refractivity contribution in [2.45, 2.75) is 51.4 Å². The number of fused-ring (bicyclic) bond motifs is 6. The SMILES string of the molecule is CC1(C)CCC(C)(C)c2c1c(Oc1[c-]c(-n3[c-][n+](-c4c(-c5cccc([Si](c6ccccc6)(c6ccccc6)c6ccccc6)c5)cccc4-c4cccc([Si](c5ccccc5)(c5ccccc5)c5ccccc5)c4)c4ccccc43)ccc1)[c-]c1c2c2ccccc2n1-c1ccccn1.[Pt]. The van der Waals surface area contributed by atoms with E-state index in [0.717, 1.165) is 74.4 Å². The molecule has 3 aromatic heterocycles. The summed E-state index contributed by atoms with van der Waals surface area (Å²) >= 11 is 0. The summed E-state index contributed by atoms with van der Waals surface area (Å²) in [5, 5.41) is 12.9. The molecule has 0 N–H and O–H groups in total. The van der Waals surface area contributed by atoms with Crippen molar-refractivity contribution in [3.8, 4) is 50.9 Å². The van der Waals surface area contributed by atoms with Crippen LogP contribution in [0, 0.1) is 18.5 Å². The van der Waals surface area contributed by atoms with Crippen LogP contribution in [0.15, 0.2) is 340 Å². The molecule has 0 bridgehead atoms. The molecule has 0 atom stereocenters. The number of pyridine rings is 1. The van der Waals surface area contributed by atoms with Crippen LogP contribution in [0.25, 0.3) is 72.3 Å². The molecule has 16 aromatic rings. The Hall–Kier alpha value is -10.8. The zero-order valence-corrected chi connectivity index (χ0v) is 60.5. The van der Waals surface area contributed by atoms with E-state index in [9.17, 15) is 0 Å². The number of nitrogens with zero attached hydrogens (tertiary/aromatic N) is 4. The van der Waals surface area contributed by atoms with Gasteiger partial charge >= 0.3 is 0 Å². The van der Waals surface area contributed by atoms with Gasteiger partial charge < -0.3 is 13.9 Å². The fourth-order valence-electron chi connectivity index (χ4n) is 16.4. The monoisotopic (exact) mass is 1500 g/mol. The van der Waals surface area contributed by atoms with Crippen LogP contribution in [0.3, 0.4) is 0 Å². The molecule has 0 spiro atoms. The average Bonchev–Trinajstić information content (AvgIpc) is 1.40. The third-order valence-corrected chi connectivity index (χ3v) is 30.5. The van der Waals surface area contributed by atoms with E-state index in [4.69, 9.17) is 9.72 Å². The minimum Gasteiger partial charge on any atom is -0.509 e. The molecule has 0 unspecified atom stereocenters. The molecule has 3 heterocycles. The topological polar surface area (TPSA) is 35.9 Å². The number of hydrogen-bond acceptors (Lipinski definition) is 2. The molecule has 0 amide bonds. The molecule has 0 saturated carbocycles. The number of benzene rings is 13. The van der Waals surface area contributed by atoms with Gasteiger partial charge in [0.1, 0.15) is 5.82 Å². The maximum atomic E-state index is 7.42. The zero-order chi connectivity index (χ0) is 66.7. The second kappa shape index (κ2) is 26.1. The van der Waals surface area contributed by atoms with E-state index >= 15 is 0 Å². The first-order chi connectivity index (χ1) is 48.6. The van der Waals surface area contributed by atoms with Gasteiger partial charge in [-0.1, -0.05) is 348 Å². The Morgan fingerprint density at radius 1 is 0.410 bits per heavy atom. The minimum absolute atomic E-state index is 0. The first-order valence-corrected chi connectivity index (χ1v) is 38.4. The van der Waals surface area contributed by atoms with Crippen molar-refractivity contribution in [3.63, 3.8) is 0 Å². The second-order valence-electron chi connectivity index (χ2n) is 27.6. The maximum absolute atomic E-state index is 7.42. The van der Waals surface area contributed by atoms with Crippen LogP contribution in [-0.2, 0) is 31.9 Å². The van der Waals surface area contributed by atoms with Crippen molar-refractivity contribution in [1.82, 2.24) is 14.1 Å². The van der Waals surface area contributed by atoms with E-state index in [1.54, 1.807) is 0 Å². The number of aromatic nitrogens is 4. The Balaban J connectivity index is 0.00000778. The summed E-state index contributed by atoms with van der Waals surface area (Å²) in [6.07, 6.45) is 7.96. The van der Waals surface area contributed by atoms with Crippen molar-refractivity contribution in [2.24, 2.45) is 0 Å². The Morgan fingerprint density at radius 3 is 1.34 bits per heavy atom. The molecule has 5 nitrogen and oxygen atoms in total. The van der Waals surface area contributed by atoms with Crippen LogP contribution in [0.5, 0.6) is 11.5 Å². The molecule has 0 aliphatic heterocycles. The van der Waals surface area contributed by atoms with Gasteiger partial charge in [0.15, 0.2) is 16.1 Å². The summed E-state index contributed by atoms with van der Waals surface area (Å²) in [4.78, 5) is 4.94. The van der Waals surface area contributed by atoms with Gasteiger partial charge in [0.2, 0.25) is 0 Å². The number of hydrogen-bond donors (Lipinski definition) is 0. The molecule has 1 aliphatic rings. The van der Waals surface area contributed by atoms with Crippen molar-refractivity contribution >= 4 is 90.5 Å². The van der Waals surface area contributed by atoms with Gasteiger partial charge in [-0.05, 0) is 105 Å². The summed E-state index contributed by atoms with van der Waals surface area (Å²) in [5.41, 5.74) is 12.2. The number of para-hydroxylation sites is 4. The molecule has 13 aromatic carbocycles. The molecule has 100 heavy (non-hydrogen) atoms. The third kappa shape index (κ3) is 10.7. The summed E-state index contributed by atoms with van der Waals surface area (Å²) in [6.45, 7) is 9.53. The molecule has 0 fully saturated rings. The fourth-order valence-corrected chi connectivity index (χ4v) is 26.0. The summed E-state index contributed by atoms with van der Waals surface area (Å²) in [7, 11) is -5.96. The molecule has 8 heteroatoms. The average molecular weight is 1500 g/mol. The minimum atomic E-state index is -2.98. The van der Waals surface area contributed by atoms with Crippen LogP contribution in [0.4, 0.5) is 0 Å². The smallest absolute Gasteiger partial charge is 0.268 e. The Bertz CT molecular complexity index is 5270. The van der Waals surface area contributed by atoms with Crippen LogP contribution in [0.2, 0.25) is 0 Å². The van der Waals surface area contributed by atoms with Crippen LogP contribution in [-0.4, -0.2) is 30.3 Å². The summed E-state index contributed by atoms with van der Waals surface area (Å²) < 4.78 is 14.2. The summed E-state index contributed by atoms with van der Waals surface area (Å²) in [5.74, 6) is 2.13. The van der Waals surface area contributed by atoms with Gasteiger partial charge in [-0.25, -0.2) is 4.98 Å². The van der Waals surface area contributed by atoms with E-state index < -0.39 is 16.1 Å². The predicted octanol–water partition coefficient (Wildman–Crippen LogP) is 16.0.